The Bertz CT molecular complexity index is 603. The molecule has 0 fully saturated rings. The molecule has 0 amide bonds. The van der Waals surface area contributed by atoms with Crippen LogP contribution in [0.4, 0.5) is 13.2 Å². The van der Waals surface area contributed by atoms with Gasteiger partial charge in [0.15, 0.2) is 0 Å². The third-order valence-electron chi connectivity index (χ3n) is 2.13. The molecule has 2 aromatic rings. The summed E-state index contributed by atoms with van der Waals surface area (Å²) in [6, 6.07) is 3.93. The number of carboxylic acid groups (broad SMARTS) is 1. The SMILES string of the molecule is O=C(O)c1sc2ccc(Cl)cc2c1C(F)(F)F. The summed E-state index contributed by atoms with van der Waals surface area (Å²) in [5.74, 6) is -1.59. The Kier molecular flexibility index (Phi) is 2.79. The quantitative estimate of drug-likeness (QED) is 0.847. The van der Waals surface area contributed by atoms with Crippen LogP contribution in [-0.4, -0.2) is 11.1 Å². The van der Waals surface area contributed by atoms with Crippen LogP contribution in [0, 0.1) is 0 Å². The number of thiophene rings is 1. The lowest BCUT2D eigenvalue weighted by Gasteiger charge is -2.06. The fourth-order valence-corrected chi connectivity index (χ4v) is 2.72. The van der Waals surface area contributed by atoms with Crippen LogP contribution in [0.25, 0.3) is 10.1 Å². The van der Waals surface area contributed by atoms with E-state index in [0.29, 0.717) is 11.3 Å². The zero-order valence-electron chi connectivity index (χ0n) is 8.01. The van der Waals surface area contributed by atoms with Gasteiger partial charge in [-0.05, 0) is 18.2 Å². The minimum atomic E-state index is -4.71. The van der Waals surface area contributed by atoms with Gasteiger partial charge in [0.1, 0.15) is 4.88 Å². The molecule has 1 aromatic heterocycles. The average Bonchev–Trinajstić information content (AvgIpc) is 2.55. The van der Waals surface area contributed by atoms with Crippen molar-refractivity contribution >= 4 is 39.0 Å². The second-order valence-electron chi connectivity index (χ2n) is 3.25. The number of benzene rings is 1. The van der Waals surface area contributed by atoms with Gasteiger partial charge in [0.2, 0.25) is 0 Å². The predicted octanol–water partition coefficient (Wildman–Crippen LogP) is 4.27. The second kappa shape index (κ2) is 3.89. The smallest absolute Gasteiger partial charge is 0.418 e. The summed E-state index contributed by atoms with van der Waals surface area (Å²) in [5.41, 5.74) is -1.13. The average molecular weight is 281 g/mol. The molecule has 0 saturated heterocycles. The molecule has 0 unspecified atom stereocenters. The molecule has 1 aromatic carbocycles. The molecular weight excluding hydrogens is 277 g/mol. The highest BCUT2D eigenvalue weighted by atomic mass is 35.5. The third-order valence-corrected chi connectivity index (χ3v) is 3.52. The second-order valence-corrected chi connectivity index (χ2v) is 4.74. The fraction of sp³-hybridized carbons (Fsp3) is 0.100. The Labute approximate surface area is 102 Å². The molecule has 7 heteroatoms. The standard InChI is InChI=1S/C10H4ClF3O2S/c11-4-1-2-6-5(3-4)7(10(12,13)14)8(17-6)9(15)16/h1-3H,(H,15,16). The van der Waals surface area contributed by atoms with Gasteiger partial charge in [-0.1, -0.05) is 11.6 Å². The topological polar surface area (TPSA) is 37.3 Å². The van der Waals surface area contributed by atoms with Gasteiger partial charge in [-0.15, -0.1) is 11.3 Å². The number of carbonyl (C=O) groups is 1. The third kappa shape index (κ3) is 2.10. The largest absolute Gasteiger partial charge is 0.477 e. The van der Waals surface area contributed by atoms with Crippen molar-refractivity contribution in [3.8, 4) is 0 Å². The van der Waals surface area contributed by atoms with Crippen molar-refractivity contribution in [2.45, 2.75) is 6.18 Å². The number of aromatic carboxylic acids is 1. The number of halogens is 4. The van der Waals surface area contributed by atoms with Crippen LogP contribution < -0.4 is 0 Å². The summed E-state index contributed by atoms with van der Waals surface area (Å²) in [7, 11) is 0. The van der Waals surface area contributed by atoms with Gasteiger partial charge in [0, 0.05) is 15.1 Å². The molecule has 0 saturated carbocycles. The van der Waals surface area contributed by atoms with E-state index in [1.54, 1.807) is 0 Å². The minimum Gasteiger partial charge on any atom is -0.477 e. The van der Waals surface area contributed by atoms with E-state index in [2.05, 4.69) is 0 Å². The summed E-state index contributed by atoms with van der Waals surface area (Å²) in [6.45, 7) is 0. The Morgan fingerprint density at radius 2 is 2.00 bits per heavy atom. The molecule has 1 N–H and O–H groups in total. The van der Waals surface area contributed by atoms with Crippen LogP contribution in [-0.2, 0) is 6.18 Å². The first-order valence-electron chi connectivity index (χ1n) is 4.33. The number of alkyl halides is 3. The Hall–Kier alpha value is -1.27. The molecule has 0 aliphatic rings. The molecule has 17 heavy (non-hydrogen) atoms. The van der Waals surface area contributed by atoms with Crippen molar-refractivity contribution < 1.29 is 23.1 Å². The maximum absolute atomic E-state index is 12.8. The molecule has 2 nitrogen and oxygen atoms in total. The highest BCUT2D eigenvalue weighted by Crippen LogP contribution is 2.42. The van der Waals surface area contributed by atoms with E-state index < -0.39 is 22.6 Å². The summed E-state index contributed by atoms with van der Waals surface area (Å²) in [5, 5.41) is 8.74. The van der Waals surface area contributed by atoms with Gasteiger partial charge < -0.3 is 5.11 Å². The van der Waals surface area contributed by atoms with Gasteiger partial charge in [-0.25, -0.2) is 4.79 Å². The van der Waals surface area contributed by atoms with Crippen LogP contribution in [0.1, 0.15) is 15.2 Å². The van der Waals surface area contributed by atoms with Crippen LogP contribution in [0.3, 0.4) is 0 Å². The van der Waals surface area contributed by atoms with Crippen molar-refractivity contribution in [2.24, 2.45) is 0 Å². The fourth-order valence-electron chi connectivity index (χ4n) is 1.50. The van der Waals surface area contributed by atoms with Crippen LogP contribution in [0.5, 0.6) is 0 Å². The molecule has 0 bridgehead atoms. The minimum absolute atomic E-state index is 0.137. The van der Waals surface area contributed by atoms with Gasteiger partial charge in [0.25, 0.3) is 0 Å². The molecule has 0 radical (unpaired) electrons. The van der Waals surface area contributed by atoms with E-state index in [-0.39, 0.29) is 15.1 Å². The van der Waals surface area contributed by atoms with Gasteiger partial charge in [-0.2, -0.15) is 13.2 Å². The highest BCUT2D eigenvalue weighted by Gasteiger charge is 2.39. The number of hydrogen-bond donors (Lipinski definition) is 1. The van der Waals surface area contributed by atoms with E-state index in [1.807, 2.05) is 0 Å². The van der Waals surface area contributed by atoms with Crippen LogP contribution in [0.2, 0.25) is 5.02 Å². The summed E-state index contributed by atoms with van der Waals surface area (Å²) >= 11 is 6.21. The molecule has 0 aliphatic heterocycles. The first-order chi connectivity index (χ1) is 7.80. The van der Waals surface area contributed by atoms with Crippen molar-refractivity contribution in [2.75, 3.05) is 0 Å². The van der Waals surface area contributed by atoms with Gasteiger partial charge in [-0.3, -0.25) is 0 Å². The van der Waals surface area contributed by atoms with Crippen molar-refractivity contribution in [1.29, 1.82) is 0 Å². The van der Waals surface area contributed by atoms with Crippen molar-refractivity contribution in [3.63, 3.8) is 0 Å². The Morgan fingerprint density at radius 3 is 2.53 bits per heavy atom. The van der Waals surface area contributed by atoms with E-state index in [9.17, 15) is 18.0 Å². The van der Waals surface area contributed by atoms with Crippen LogP contribution in [0.15, 0.2) is 18.2 Å². The van der Waals surface area contributed by atoms with E-state index in [0.717, 1.165) is 6.07 Å². The lowest BCUT2D eigenvalue weighted by molar-refractivity contribution is -0.136. The molecule has 0 aliphatic carbocycles. The molecule has 0 spiro atoms. The number of rotatable bonds is 1. The molecular formula is C10H4ClF3O2S. The van der Waals surface area contributed by atoms with Crippen molar-refractivity contribution in [1.82, 2.24) is 0 Å². The molecule has 0 atom stereocenters. The lowest BCUT2D eigenvalue weighted by atomic mass is 10.1. The molecule has 1 heterocycles. The van der Waals surface area contributed by atoms with Crippen LogP contribution >= 0.6 is 22.9 Å². The summed E-state index contributed by atoms with van der Waals surface area (Å²) < 4.78 is 38.7. The van der Waals surface area contributed by atoms with E-state index in [4.69, 9.17) is 16.7 Å². The Balaban J connectivity index is 2.87. The molecule has 2 rings (SSSR count). The van der Waals surface area contributed by atoms with E-state index in [1.165, 1.54) is 12.1 Å². The number of hydrogen-bond acceptors (Lipinski definition) is 2. The lowest BCUT2D eigenvalue weighted by Crippen LogP contribution is -2.10. The van der Waals surface area contributed by atoms with E-state index >= 15 is 0 Å². The monoisotopic (exact) mass is 280 g/mol. The normalized spacial score (nSPS) is 12.0. The van der Waals surface area contributed by atoms with Gasteiger partial charge in [0.05, 0.1) is 5.56 Å². The first kappa shape index (κ1) is 12.2. The zero-order valence-corrected chi connectivity index (χ0v) is 9.58. The zero-order chi connectivity index (χ0) is 12.8. The number of carboxylic acids is 1. The number of fused-ring (bicyclic) bond motifs is 1. The Morgan fingerprint density at radius 1 is 1.35 bits per heavy atom. The van der Waals surface area contributed by atoms with Gasteiger partial charge >= 0.3 is 12.1 Å². The predicted molar refractivity (Wildman–Crippen MR) is 58.8 cm³/mol. The van der Waals surface area contributed by atoms with Crippen molar-refractivity contribution in [3.05, 3.63) is 33.7 Å². The highest BCUT2D eigenvalue weighted by molar-refractivity contribution is 7.21. The molecule has 90 valence electrons. The maximum atomic E-state index is 12.8. The first-order valence-corrected chi connectivity index (χ1v) is 5.52. The summed E-state index contributed by atoms with van der Waals surface area (Å²) in [6.07, 6.45) is -4.71. The summed E-state index contributed by atoms with van der Waals surface area (Å²) in [4.78, 5) is 10.1. The maximum Gasteiger partial charge on any atom is 0.418 e.